The quantitative estimate of drug-likeness (QED) is 0.776. The van der Waals surface area contributed by atoms with Crippen molar-refractivity contribution in [3.05, 3.63) is 46.7 Å². The molecule has 0 saturated carbocycles. The zero-order valence-corrected chi connectivity index (χ0v) is 12.7. The Kier molecular flexibility index (Phi) is 4.84. The Balaban J connectivity index is 2.24. The van der Waals surface area contributed by atoms with E-state index in [0.717, 1.165) is 16.6 Å². The normalized spacial score (nSPS) is 10.3. The van der Waals surface area contributed by atoms with E-state index in [2.05, 4.69) is 21.2 Å². The Labute approximate surface area is 126 Å². The van der Waals surface area contributed by atoms with Crippen molar-refractivity contribution in [3.63, 3.8) is 0 Å². The van der Waals surface area contributed by atoms with Gasteiger partial charge in [0, 0.05) is 28.0 Å². The second kappa shape index (κ2) is 6.61. The number of halogens is 2. The molecule has 2 aromatic carbocycles. The molecule has 0 aliphatic carbocycles. The van der Waals surface area contributed by atoms with Crippen molar-refractivity contribution in [1.82, 2.24) is 0 Å². The van der Waals surface area contributed by atoms with Crippen molar-refractivity contribution in [2.45, 2.75) is 13.3 Å². The molecule has 106 valence electrons. The lowest BCUT2D eigenvalue weighted by Gasteiger charge is -2.12. The van der Waals surface area contributed by atoms with E-state index in [0.29, 0.717) is 23.7 Å². The summed E-state index contributed by atoms with van der Waals surface area (Å²) in [6, 6.07) is 9.84. The van der Waals surface area contributed by atoms with Crippen molar-refractivity contribution < 1.29 is 9.13 Å². The van der Waals surface area contributed by atoms with Crippen LogP contribution in [0.5, 0.6) is 5.75 Å². The second-order valence-corrected chi connectivity index (χ2v) is 5.24. The average molecular weight is 339 g/mol. The van der Waals surface area contributed by atoms with Crippen LogP contribution >= 0.6 is 15.9 Å². The Hall–Kier alpha value is -1.75. The molecule has 2 aromatic rings. The van der Waals surface area contributed by atoms with E-state index in [1.54, 1.807) is 18.2 Å². The van der Waals surface area contributed by atoms with Gasteiger partial charge in [-0.2, -0.15) is 0 Å². The summed E-state index contributed by atoms with van der Waals surface area (Å²) in [4.78, 5) is 0. The first-order valence-corrected chi connectivity index (χ1v) is 7.13. The fourth-order valence-corrected chi connectivity index (χ4v) is 2.09. The molecule has 5 heteroatoms. The van der Waals surface area contributed by atoms with Gasteiger partial charge in [-0.15, -0.1) is 0 Å². The molecule has 0 spiro atoms. The molecule has 3 nitrogen and oxygen atoms in total. The van der Waals surface area contributed by atoms with Crippen LogP contribution in [0.15, 0.2) is 40.9 Å². The van der Waals surface area contributed by atoms with E-state index in [1.807, 2.05) is 13.0 Å². The van der Waals surface area contributed by atoms with Crippen molar-refractivity contribution >= 4 is 33.0 Å². The molecule has 0 aliphatic rings. The largest absolute Gasteiger partial charge is 0.493 e. The topological polar surface area (TPSA) is 47.3 Å². The van der Waals surface area contributed by atoms with Crippen molar-refractivity contribution in [2.24, 2.45) is 0 Å². The molecule has 0 saturated heterocycles. The van der Waals surface area contributed by atoms with Crippen LogP contribution in [0.2, 0.25) is 0 Å². The maximum atomic E-state index is 13.3. The summed E-state index contributed by atoms with van der Waals surface area (Å²) in [5, 5.41) is 3.12. The first kappa shape index (κ1) is 14.7. The van der Waals surface area contributed by atoms with E-state index >= 15 is 0 Å². The molecular formula is C15H16BrFN2O. The number of benzene rings is 2. The lowest BCUT2D eigenvalue weighted by atomic mass is 10.2. The Morgan fingerprint density at radius 2 is 2.05 bits per heavy atom. The fourth-order valence-electron chi connectivity index (χ4n) is 1.75. The van der Waals surface area contributed by atoms with Gasteiger partial charge in [-0.1, -0.05) is 6.92 Å². The molecular weight excluding hydrogens is 323 g/mol. The minimum atomic E-state index is -0.304. The third-order valence-electron chi connectivity index (χ3n) is 2.61. The number of nitrogens with two attached hydrogens (primary N) is 1. The predicted molar refractivity (Wildman–Crippen MR) is 84.0 cm³/mol. The van der Waals surface area contributed by atoms with Crippen LogP contribution in [-0.2, 0) is 0 Å². The van der Waals surface area contributed by atoms with Gasteiger partial charge >= 0.3 is 0 Å². The van der Waals surface area contributed by atoms with Crippen molar-refractivity contribution in [2.75, 3.05) is 17.7 Å². The van der Waals surface area contributed by atoms with Crippen LogP contribution < -0.4 is 15.8 Å². The minimum Gasteiger partial charge on any atom is -0.493 e. The van der Waals surface area contributed by atoms with Crippen LogP contribution in [0.3, 0.4) is 0 Å². The average Bonchev–Trinajstić information content (AvgIpc) is 2.40. The van der Waals surface area contributed by atoms with Gasteiger partial charge in [-0.25, -0.2) is 4.39 Å². The highest BCUT2D eigenvalue weighted by Crippen LogP contribution is 2.30. The van der Waals surface area contributed by atoms with Gasteiger partial charge in [0.1, 0.15) is 11.6 Å². The molecule has 0 bridgehead atoms. The highest BCUT2D eigenvalue weighted by Gasteiger charge is 2.05. The van der Waals surface area contributed by atoms with Crippen LogP contribution in [0.25, 0.3) is 0 Å². The minimum absolute atomic E-state index is 0.304. The zero-order chi connectivity index (χ0) is 14.5. The predicted octanol–water partition coefficient (Wildman–Crippen LogP) is 4.70. The monoisotopic (exact) mass is 338 g/mol. The van der Waals surface area contributed by atoms with Crippen molar-refractivity contribution in [3.8, 4) is 5.75 Å². The molecule has 0 aliphatic heterocycles. The number of ether oxygens (including phenoxy) is 1. The van der Waals surface area contributed by atoms with Crippen LogP contribution in [0.4, 0.5) is 21.5 Å². The Morgan fingerprint density at radius 3 is 2.80 bits per heavy atom. The molecule has 0 radical (unpaired) electrons. The lowest BCUT2D eigenvalue weighted by Crippen LogP contribution is -1.99. The van der Waals surface area contributed by atoms with Gasteiger partial charge in [-0.3, -0.25) is 0 Å². The summed E-state index contributed by atoms with van der Waals surface area (Å²) in [5.74, 6) is 0.393. The number of nitrogen functional groups attached to an aromatic ring is 1. The first-order valence-electron chi connectivity index (χ1n) is 6.34. The van der Waals surface area contributed by atoms with Gasteiger partial charge in [0.25, 0.3) is 0 Å². The number of anilines is 3. The zero-order valence-electron chi connectivity index (χ0n) is 11.1. The summed E-state index contributed by atoms with van der Waals surface area (Å²) >= 11 is 3.38. The number of nitrogens with one attached hydrogen (secondary N) is 1. The smallest absolute Gasteiger partial charge is 0.125 e. The third-order valence-corrected chi connectivity index (χ3v) is 3.30. The molecule has 0 unspecified atom stereocenters. The number of hydrogen-bond acceptors (Lipinski definition) is 3. The van der Waals surface area contributed by atoms with Crippen molar-refractivity contribution in [1.29, 1.82) is 0 Å². The van der Waals surface area contributed by atoms with Crippen LogP contribution in [0, 0.1) is 5.82 Å². The van der Waals surface area contributed by atoms with Gasteiger partial charge in [0.2, 0.25) is 0 Å². The molecule has 0 atom stereocenters. The molecule has 2 rings (SSSR count). The van der Waals surface area contributed by atoms with Gasteiger partial charge in [-0.05, 0) is 46.6 Å². The molecule has 0 fully saturated rings. The number of hydrogen-bond donors (Lipinski definition) is 2. The van der Waals surface area contributed by atoms with Crippen LogP contribution in [-0.4, -0.2) is 6.61 Å². The highest BCUT2D eigenvalue weighted by atomic mass is 79.9. The van der Waals surface area contributed by atoms with Gasteiger partial charge in [0.05, 0.1) is 12.3 Å². The summed E-state index contributed by atoms with van der Waals surface area (Å²) in [5.41, 5.74) is 7.83. The van der Waals surface area contributed by atoms with Gasteiger partial charge in [0.15, 0.2) is 0 Å². The standard InChI is InChI=1S/C15H16BrFN2O/c1-2-5-20-13-8-11(18)7-12(9-13)19-15-6-10(17)3-4-14(15)16/h3-4,6-9,19H,2,5,18H2,1H3. The summed E-state index contributed by atoms with van der Waals surface area (Å²) < 4.78 is 19.6. The van der Waals surface area contributed by atoms with E-state index in [-0.39, 0.29) is 5.82 Å². The third kappa shape index (κ3) is 3.87. The van der Waals surface area contributed by atoms with Gasteiger partial charge < -0.3 is 15.8 Å². The van der Waals surface area contributed by atoms with E-state index in [1.165, 1.54) is 12.1 Å². The maximum absolute atomic E-state index is 13.3. The first-order chi connectivity index (χ1) is 9.58. The Morgan fingerprint density at radius 1 is 1.25 bits per heavy atom. The molecule has 0 aromatic heterocycles. The fraction of sp³-hybridized carbons (Fsp3) is 0.200. The van der Waals surface area contributed by atoms with Crippen LogP contribution in [0.1, 0.15) is 13.3 Å². The lowest BCUT2D eigenvalue weighted by molar-refractivity contribution is 0.318. The van der Waals surface area contributed by atoms with E-state index in [4.69, 9.17) is 10.5 Å². The molecule has 0 amide bonds. The second-order valence-electron chi connectivity index (χ2n) is 4.39. The summed E-state index contributed by atoms with van der Waals surface area (Å²) in [6.45, 7) is 2.67. The Bertz CT molecular complexity index is 604. The molecule has 20 heavy (non-hydrogen) atoms. The van der Waals surface area contributed by atoms with E-state index < -0.39 is 0 Å². The maximum Gasteiger partial charge on any atom is 0.125 e. The summed E-state index contributed by atoms with van der Waals surface area (Å²) in [7, 11) is 0. The SMILES string of the molecule is CCCOc1cc(N)cc(Nc2cc(F)ccc2Br)c1. The molecule has 3 N–H and O–H groups in total. The highest BCUT2D eigenvalue weighted by molar-refractivity contribution is 9.10. The number of rotatable bonds is 5. The molecule has 0 heterocycles. The van der Waals surface area contributed by atoms with E-state index in [9.17, 15) is 4.39 Å². The summed E-state index contributed by atoms with van der Waals surface area (Å²) in [6.07, 6.45) is 0.924.